The van der Waals surface area contributed by atoms with Gasteiger partial charge in [-0.25, -0.2) is 4.79 Å². The molecule has 0 spiro atoms. The van der Waals surface area contributed by atoms with E-state index in [1.165, 1.54) is 0 Å². The van der Waals surface area contributed by atoms with E-state index in [0.717, 1.165) is 16.7 Å². The van der Waals surface area contributed by atoms with E-state index in [9.17, 15) is 4.79 Å². The summed E-state index contributed by atoms with van der Waals surface area (Å²) in [7, 11) is 0. The molecule has 1 fully saturated rings. The Morgan fingerprint density at radius 1 is 0.960 bits per heavy atom. The van der Waals surface area contributed by atoms with Crippen molar-refractivity contribution in [2.75, 3.05) is 0 Å². The molecule has 25 heavy (non-hydrogen) atoms. The topological polar surface area (TPSA) is 38.8 Å². The maximum Gasteiger partial charge on any atom is 0.414 e. The Labute approximate surface area is 147 Å². The Morgan fingerprint density at radius 3 is 2.24 bits per heavy atom. The van der Waals surface area contributed by atoms with Gasteiger partial charge in [0.15, 0.2) is 12.3 Å². The normalized spacial score (nSPS) is 25.6. The first-order valence-electron chi connectivity index (χ1n) is 8.32. The molecule has 4 nitrogen and oxygen atoms in total. The summed E-state index contributed by atoms with van der Waals surface area (Å²) in [5.74, 6) is 0. The van der Waals surface area contributed by atoms with Crippen molar-refractivity contribution in [3.05, 3.63) is 96.3 Å². The quantitative estimate of drug-likeness (QED) is 0.762. The van der Waals surface area contributed by atoms with Crippen molar-refractivity contribution in [1.82, 2.24) is 4.90 Å². The van der Waals surface area contributed by atoms with E-state index in [1.54, 1.807) is 11.2 Å². The number of carbonyl (C=O) groups is 1. The van der Waals surface area contributed by atoms with Gasteiger partial charge in [0.1, 0.15) is 6.04 Å². The minimum atomic E-state index is -0.517. The van der Waals surface area contributed by atoms with Gasteiger partial charge in [-0.2, -0.15) is 0 Å². The standard InChI is InChI=1S/C21H19NO3/c1-15-9-8-14-24-20(15)22-18(16-10-4-2-5-11-16)19(25-21(22)23)17-12-6-3-7-13-17/h2-8,10-14,18-20H,1,9H2/t18-,19+,20+/m1/s1. The number of cyclic esters (lactones) is 1. The average Bonchev–Trinajstić information content (AvgIpc) is 3.01. The third-order valence-corrected chi connectivity index (χ3v) is 4.58. The molecule has 0 bridgehead atoms. The maximum absolute atomic E-state index is 12.7. The number of carbonyl (C=O) groups excluding carboxylic acids is 1. The van der Waals surface area contributed by atoms with Gasteiger partial charge in [-0.1, -0.05) is 67.2 Å². The monoisotopic (exact) mass is 333 g/mol. The fourth-order valence-electron chi connectivity index (χ4n) is 3.40. The van der Waals surface area contributed by atoms with Crippen LogP contribution in [0.3, 0.4) is 0 Å². The van der Waals surface area contributed by atoms with Crippen molar-refractivity contribution in [2.45, 2.75) is 24.8 Å². The van der Waals surface area contributed by atoms with E-state index < -0.39 is 12.3 Å². The van der Waals surface area contributed by atoms with Crippen LogP contribution in [0.1, 0.15) is 29.7 Å². The second-order valence-corrected chi connectivity index (χ2v) is 6.20. The molecule has 0 radical (unpaired) electrons. The molecule has 2 aliphatic rings. The zero-order valence-corrected chi connectivity index (χ0v) is 13.7. The predicted molar refractivity (Wildman–Crippen MR) is 94.5 cm³/mol. The summed E-state index contributed by atoms with van der Waals surface area (Å²) in [5, 5.41) is 0. The largest absolute Gasteiger partial charge is 0.474 e. The van der Waals surface area contributed by atoms with E-state index in [2.05, 4.69) is 6.58 Å². The summed E-state index contributed by atoms with van der Waals surface area (Å²) < 4.78 is 11.5. The van der Waals surface area contributed by atoms with Crippen LogP contribution >= 0.6 is 0 Å². The van der Waals surface area contributed by atoms with Gasteiger partial charge in [0.05, 0.1) is 6.26 Å². The van der Waals surface area contributed by atoms with Crippen LogP contribution < -0.4 is 0 Å². The van der Waals surface area contributed by atoms with Crippen molar-refractivity contribution in [3.8, 4) is 0 Å². The molecule has 1 saturated heterocycles. The lowest BCUT2D eigenvalue weighted by molar-refractivity contribution is 0.0239. The number of rotatable bonds is 3. The lowest BCUT2D eigenvalue weighted by atomic mass is 9.94. The number of hydrogen-bond donors (Lipinski definition) is 0. The molecule has 4 rings (SSSR count). The van der Waals surface area contributed by atoms with Crippen LogP contribution in [-0.4, -0.2) is 17.2 Å². The van der Waals surface area contributed by atoms with Crippen LogP contribution in [0.4, 0.5) is 4.79 Å². The molecule has 1 amide bonds. The molecule has 2 heterocycles. The van der Waals surface area contributed by atoms with E-state index in [4.69, 9.17) is 9.47 Å². The summed E-state index contributed by atoms with van der Waals surface area (Å²) in [6.07, 6.45) is 2.92. The number of ether oxygens (including phenoxy) is 2. The highest BCUT2D eigenvalue weighted by atomic mass is 16.6. The molecule has 2 aromatic carbocycles. The van der Waals surface area contributed by atoms with Crippen molar-refractivity contribution in [1.29, 1.82) is 0 Å². The van der Waals surface area contributed by atoms with Gasteiger partial charge >= 0.3 is 6.09 Å². The highest BCUT2D eigenvalue weighted by Crippen LogP contribution is 2.45. The van der Waals surface area contributed by atoms with Crippen molar-refractivity contribution >= 4 is 6.09 Å². The van der Waals surface area contributed by atoms with Gasteiger partial charge in [0.25, 0.3) is 0 Å². The van der Waals surface area contributed by atoms with E-state index in [1.807, 2.05) is 66.7 Å². The van der Waals surface area contributed by atoms with Crippen molar-refractivity contribution in [3.63, 3.8) is 0 Å². The van der Waals surface area contributed by atoms with Gasteiger partial charge in [-0.3, -0.25) is 4.90 Å². The number of allylic oxidation sites excluding steroid dienone is 1. The molecule has 2 aliphatic heterocycles. The first-order valence-corrected chi connectivity index (χ1v) is 8.32. The molecular weight excluding hydrogens is 314 g/mol. The van der Waals surface area contributed by atoms with E-state index in [-0.39, 0.29) is 12.1 Å². The van der Waals surface area contributed by atoms with Gasteiger partial charge < -0.3 is 9.47 Å². The summed E-state index contributed by atoms with van der Waals surface area (Å²) in [6, 6.07) is 19.5. The highest BCUT2D eigenvalue weighted by Gasteiger charge is 2.48. The Balaban J connectivity index is 1.78. The molecule has 0 aromatic heterocycles. The summed E-state index contributed by atoms with van der Waals surface area (Å²) in [5.41, 5.74) is 2.81. The Hall–Kier alpha value is -3.01. The van der Waals surface area contributed by atoms with Crippen LogP contribution in [-0.2, 0) is 9.47 Å². The lowest BCUT2D eigenvalue weighted by Gasteiger charge is -2.34. The third kappa shape index (κ3) is 2.80. The van der Waals surface area contributed by atoms with Crippen LogP contribution in [0, 0.1) is 0 Å². The zero-order chi connectivity index (χ0) is 17.2. The van der Waals surface area contributed by atoms with E-state index >= 15 is 0 Å². The number of benzene rings is 2. The summed E-state index contributed by atoms with van der Waals surface area (Å²) >= 11 is 0. The second-order valence-electron chi connectivity index (χ2n) is 6.20. The first kappa shape index (κ1) is 15.5. The molecule has 0 aliphatic carbocycles. The molecule has 4 heteroatoms. The minimum Gasteiger partial charge on any atom is -0.474 e. The third-order valence-electron chi connectivity index (χ3n) is 4.58. The van der Waals surface area contributed by atoms with Crippen LogP contribution in [0.2, 0.25) is 0 Å². The van der Waals surface area contributed by atoms with Gasteiger partial charge in [-0.15, -0.1) is 0 Å². The van der Waals surface area contributed by atoms with Crippen LogP contribution in [0.25, 0.3) is 0 Å². The van der Waals surface area contributed by atoms with E-state index in [0.29, 0.717) is 6.42 Å². The summed E-state index contributed by atoms with van der Waals surface area (Å²) in [4.78, 5) is 14.4. The zero-order valence-electron chi connectivity index (χ0n) is 13.7. The smallest absolute Gasteiger partial charge is 0.414 e. The minimum absolute atomic E-state index is 0.274. The van der Waals surface area contributed by atoms with Gasteiger partial charge in [0.2, 0.25) is 0 Å². The molecule has 2 aromatic rings. The van der Waals surface area contributed by atoms with Crippen molar-refractivity contribution in [2.24, 2.45) is 0 Å². The van der Waals surface area contributed by atoms with Gasteiger partial charge in [-0.05, 0) is 29.2 Å². The molecular formula is C21H19NO3. The Kier molecular flexibility index (Phi) is 4.02. The number of hydrogen-bond acceptors (Lipinski definition) is 3. The Morgan fingerprint density at radius 2 is 1.60 bits per heavy atom. The van der Waals surface area contributed by atoms with Crippen LogP contribution in [0.15, 0.2) is 85.2 Å². The number of amides is 1. The maximum atomic E-state index is 12.7. The molecule has 0 unspecified atom stereocenters. The fourth-order valence-corrected chi connectivity index (χ4v) is 3.40. The van der Waals surface area contributed by atoms with Crippen molar-refractivity contribution < 1.29 is 14.3 Å². The first-order chi connectivity index (χ1) is 12.3. The Bertz CT molecular complexity index is 800. The predicted octanol–water partition coefficient (Wildman–Crippen LogP) is 4.74. The second kappa shape index (κ2) is 6.48. The number of nitrogens with zero attached hydrogens (tertiary/aromatic N) is 1. The highest BCUT2D eigenvalue weighted by molar-refractivity contribution is 5.72. The molecule has 0 saturated carbocycles. The fraction of sp³-hybridized carbons (Fsp3) is 0.190. The average molecular weight is 333 g/mol. The summed E-state index contributed by atoms with van der Waals surface area (Å²) in [6.45, 7) is 4.07. The molecule has 0 N–H and O–H groups in total. The molecule has 126 valence electrons. The molecule has 3 atom stereocenters. The lowest BCUT2D eigenvalue weighted by Crippen LogP contribution is -2.41. The van der Waals surface area contributed by atoms with Crippen LogP contribution in [0.5, 0.6) is 0 Å². The van der Waals surface area contributed by atoms with Gasteiger partial charge in [0, 0.05) is 0 Å². The SMILES string of the molecule is C=C1CC=CO[C@@H]1N1C(=O)O[C@@H](c2ccccc2)[C@H]1c1ccccc1.